The first-order valence-electron chi connectivity index (χ1n) is 4.00. The zero-order chi connectivity index (χ0) is 9.40. The molecule has 0 radical (unpaired) electrons. The van der Waals surface area contributed by atoms with Gasteiger partial charge in [-0.2, -0.15) is 0 Å². The fourth-order valence-corrected chi connectivity index (χ4v) is 1.06. The van der Waals surface area contributed by atoms with Gasteiger partial charge in [0.1, 0.15) is 0 Å². The van der Waals surface area contributed by atoms with Gasteiger partial charge in [-0.3, -0.25) is 0 Å². The van der Waals surface area contributed by atoms with Crippen LogP contribution in [0.15, 0.2) is 5.11 Å². The van der Waals surface area contributed by atoms with Crippen molar-refractivity contribution in [2.45, 2.75) is 19.9 Å². The third kappa shape index (κ3) is 4.28. The van der Waals surface area contributed by atoms with Crippen LogP contribution in [0.3, 0.4) is 0 Å². The van der Waals surface area contributed by atoms with Gasteiger partial charge in [0.05, 0.1) is 6.04 Å². The lowest BCUT2D eigenvalue weighted by Gasteiger charge is -2.19. The van der Waals surface area contributed by atoms with Crippen LogP contribution in [-0.2, 0) is 0 Å². The summed E-state index contributed by atoms with van der Waals surface area (Å²) >= 11 is 4.74. The van der Waals surface area contributed by atoms with Gasteiger partial charge >= 0.3 is 0 Å². The summed E-state index contributed by atoms with van der Waals surface area (Å²) in [5.74, 6) is 0. The van der Waals surface area contributed by atoms with E-state index < -0.39 is 0 Å². The molecule has 0 aromatic carbocycles. The van der Waals surface area contributed by atoms with Crippen LogP contribution >= 0.6 is 12.2 Å². The lowest BCUT2D eigenvalue weighted by Crippen LogP contribution is -2.31. The molecule has 68 valence electrons. The van der Waals surface area contributed by atoms with Crippen LogP contribution in [0, 0.1) is 0 Å². The van der Waals surface area contributed by atoms with Gasteiger partial charge in [0, 0.05) is 11.5 Å². The Morgan fingerprint density at radius 1 is 1.58 bits per heavy atom. The van der Waals surface area contributed by atoms with Crippen LogP contribution in [-0.4, -0.2) is 35.9 Å². The molecule has 0 aromatic heterocycles. The van der Waals surface area contributed by atoms with Crippen LogP contribution in [0.5, 0.6) is 0 Å². The largest absolute Gasteiger partial charge is 0.303 e. The van der Waals surface area contributed by atoms with Crippen molar-refractivity contribution < 1.29 is 0 Å². The van der Waals surface area contributed by atoms with Crippen LogP contribution < -0.4 is 0 Å². The molecule has 0 aliphatic rings. The highest BCUT2D eigenvalue weighted by molar-refractivity contribution is 7.79. The molecule has 12 heavy (non-hydrogen) atoms. The van der Waals surface area contributed by atoms with E-state index in [9.17, 15) is 0 Å². The van der Waals surface area contributed by atoms with Gasteiger partial charge in [0.15, 0.2) is 0 Å². The van der Waals surface area contributed by atoms with Gasteiger partial charge < -0.3 is 4.90 Å². The minimum Gasteiger partial charge on any atom is -0.303 e. The number of nitrogens with zero attached hydrogens (tertiary/aromatic N) is 4. The zero-order valence-corrected chi connectivity index (χ0v) is 8.29. The van der Waals surface area contributed by atoms with Gasteiger partial charge in [0.25, 0.3) is 0 Å². The molecular formula is C7H14N4S. The second-order valence-electron chi connectivity index (χ2n) is 2.39. The Kier molecular flexibility index (Phi) is 6.66. The quantitative estimate of drug-likeness (QED) is 0.276. The second kappa shape index (κ2) is 7.03. The molecule has 5 heteroatoms. The van der Waals surface area contributed by atoms with Crippen molar-refractivity contribution >= 4 is 17.6 Å². The molecule has 0 aromatic rings. The Balaban J connectivity index is 3.98. The van der Waals surface area contributed by atoms with Crippen LogP contribution in [0.4, 0.5) is 0 Å². The Morgan fingerprint density at radius 2 is 2.17 bits per heavy atom. The number of rotatable bonds is 6. The fourth-order valence-electron chi connectivity index (χ4n) is 0.919. The average Bonchev–Trinajstić information content (AvgIpc) is 2.12. The monoisotopic (exact) mass is 186 g/mol. The third-order valence-corrected chi connectivity index (χ3v) is 2.01. The maximum atomic E-state index is 8.20. The molecule has 0 heterocycles. The molecule has 0 bridgehead atoms. The topological polar surface area (TPSA) is 52.0 Å². The Morgan fingerprint density at radius 3 is 2.50 bits per heavy atom. The van der Waals surface area contributed by atoms with Crippen molar-refractivity contribution in [2.24, 2.45) is 5.11 Å². The maximum absolute atomic E-state index is 8.20. The molecule has 4 nitrogen and oxygen atoms in total. The Bertz CT molecular complexity index is 172. The molecule has 0 aliphatic heterocycles. The predicted molar refractivity (Wildman–Crippen MR) is 54.4 cm³/mol. The second-order valence-corrected chi connectivity index (χ2v) is 2.67. The lowest BCUT2D eigenvalue weighted by molar-refractivity contribution is 0.302. The Labute approximate surface area is 78.2 Å². The van der Waals surface area contributed by atoms with E-state index in [0.717, 1.165) is 19.6 Å². The van der Waals surface area contributed by atoms with Gasteiger partial charge in [-0.15, -0.1) is 0 Å². The number of likely N-dealkylation sites (N-methyl/N-ethyl adjacent to an activating group) is 1. The summed E-state index contributed by atoms with van der Waals surface area (Å²) in [6.07, 6.45) is 0. The van der Waals surface area contributed by atoms with E-state index in [0.29, 0.717) is 0 Å². The van der Waals surface area contributed by atoms with E-state index >= 15 is 0 Å². The van der Waals surface area contributed by atoms with Crippen molar-refractivity contribution in [2.75, 3.05) is 19.6 Å². The summed E-state index contributed by atoms with van der Waals surface area (Å²) in [4.78, 5) is 4.90. The molecule has 1 unspecified atom stereocenters. The number of hydrogen-bond acceptors (Lipinski definition) is 3. The summed E-state index contributed by atoms with van der Waals surface area (Å²) in [6.45, 7) is 6.77. The van der Waals surface area contributed by atoms with E-state index in [-0.39, 0.29) is 6.04 Å². The normalized spacial score (nSPS) is 12.2. The molecule has 1 atom stereocenters. The molecule has 0 fully saturated rings. The zero-order valence-electron chi connectivity index (χ0n) is 7.47. The SMILES string of the molecule is CCN(CC)CC(C=S)N=[N+]=[N-]. The summed E-state index contributed by atoms with van der Waals surface area (Å²) in [7, 11) is 0. The lowest BCUT2D eigenvalue weighted by atomic mass is 10.3. The van der Waals surface area contributed by atoms with E-state index in [1.165, 1.54) is 5.37 Å². The van der Waals surface area contributed by atoms with Crippen molar-refractivity contribution in [3.63, 3.8) is 0 Å². The highest BCUT2D eigenvalue weighted by atomic mass is 32.1. The van der Waals surface area contributed by atoms with Crippen molar-refractivity contribution in [3.05, 3.63) is 10.4 Å². The molecule has 0 saturated carbocycles. The van der Waals surface area contributed by atoms with E-state index in [1.807, 2.05) is 0 Å². The van der Waals surface area contributed by atoms with Crippen molar-refractivity contribution in [1.29, 1.82) is 0 Å². The Hall–Kier alpha value is -0.640. The van der Waals surface area contributed by atoms with Crippen LogP contribution in [0.1, 0.15) is 13.8 Å². The molecule has 0 rings (SSSR count). The van der Waals surface area contributed by atoms with Gasteiger partial charge in [-0.05, 0) is 24.0 Å². The van der Waals surface area contributed by atoms with E-state index in [4.69, 9.17) is 17.7 Å². The van der Waals surface area contributed by atoms with E-state index in [1.54, 1.807) is 0 Å². The highest BCUT2D eigenvalue weighted by Gasteiger charge is 2.06. The van der Waals surface area contributed by atoms with Crippen LogP contribution in [0.2, 0.25) is 0 Å². The molecular weight excluding hydrogens is 172 g/mol. The van der Waals surface area contributed by atoms with Gasteiger partial charge in [-0.25, -0.2) is 0 Å². The fraction of sp³-hybridized carbons (Fsp3) is 0.857. The first-order chi connectivity index (χ1) is 5.78. The third-order valence-electron chi connectivity index (χ3n) is 1.70. The average molecular weight is 186 g/mol. The smallest absolute Gasteiger partial charge is 0.0785 e. The number of hydrogen-bond donors (Lipinski definition) is 0. The molecule has 0 saturated heterocycles. The summed E-state index contributed by atoms with van der Waals surface area (Å²) in [6, 6.07) is -0.176. The van der Waals surface area contributed by atoms with Crippen LogP contribution in [0.25, 0.3) is 10.4 Å². The summed E-state index contributed by atoms with van der Waals surface area (Å²) < 4.78 is 0. The number of azide groups is 1. The van der Waals surface area contributed by atoms with Crippen molar-refractivity contribution in [3.8, 4) is 0 Å². The minimum atomic E-state index is -0.176. The molecule has 0 spiro atoms. The first-order valence-corrected chi connectivity index (χ1v) is 4.47. The molecule has 0 N–H and O–H groups in total. The maximum Gasteiger partial charge on any atom is 0.0785 e. The number of thiocarbonyl (C=S) groups is 1. The predicted octanol–water partition coefficient (Wildman–Crippen LogP) is 2.01. The standard InChI is InChI=1S/C7H14N4S/c1-3-11(4-2)5-7(6-12)9-10-8/h6-7H,3-5H2,1-2H3. The first kappa shape index (κ1) is 11.4. The van der Waals surface area contributed by atoms with E-state index in [2.05, 4.69) is 28.8 Å². The van der Waals surface area contributed by atoms with Gasteiger partial charge in [-0.1, -0.05) is 31.2 Å². The molecule has 0 aliphatic carbocycles. The van der Waals surface area contributed by atoms with Gasteiger partial charge in [0.2, 0.25) is 0 Å². The minimum absolute atomic E-state index is 0.176. The van der Waals surface area contributed by atoms with Crippen molar-refractivity contribution in [1.82, 2.24) is 4.90 Å². The summed E-state index contributed by atoms with van der Waals surface area (Å²) in [5.41, 5.74) is 8.20. The molecule has 0 amide bonds. The highest BCUT2D eigenvalue weighted by Crippen LogP contribution is 1.95. The summed E-state index contributed by atoms with van der Waals surface area (Å²) in [5, 5.41) is 5.07.